The van der Waals surface area contributed by atoms with Crippen LogP contribution >= 0.6 is 0 Å². The molecule has 2 aromatic carbocycles. The minimum Gasteiger partial charge on any atom is -0.325 e. The quantitative estimate of drug-likeness (QED) is 0.712. The molecule has 2 heterocycles. The second kappa shape index (κ2) is 8.35. The smallest absolute Gasteiger partial charge is 0.241 e. The van der Waals surface area contributed by atoms with Crippen molar-refractivity contribution in [3.8, 4) is 11.4 Å². The maximum absolute atomic E-state index is 12.9. The highest BCUT2D eigenvalue weighted by Crippen LogP contribution is 2.22. The van der Waals surface area contributed by atoms with E-state index >= 15 is 0 Å². The van der Waals surface area contributed by atoms with Crippen LogP contribution in [-0.2, 0) is 11.3 Å². The molecule has 144 valence electrons. The van der Waals surface area contributed by atoms with Gasteiger partial charge in [-0.05, 0) is 56.1 Å². The Morgan fingerprint density at radius 1 is 1.14 bits per heavy atom. The summed E-state index contributed by atoms with van der Waals surface area (Å²) in [6.07, 6.45) is 3.13. The lowest BCUT2D eigenvalue weighted by atomic mass is 10.00. The number of carbonyl (C=O) groups excluding carboxylic acids is 1. The first-order chi connectivity index (χ1) is 13.7. The van der Waals surface area contributed by atoms with E-state index in [9.17, 15) is 4.79 Å². The maximum Gasteiger partial charge on any atom is 0.241 e. The van der Waals surface area contributed by atoms with E-state index in [-0.39, 0.29) is 11.9 Å². The van der Waals surface area contributed by atoms with Gasteiger partial charge in [0.15, 0.2) is 5.82 Å². The molecule has 6 nitrogen and oxygen atoms in total. The number of carbonyl (C=O) groups is 1. The summed E-state index contributed by atoms with van der Waals surface area (Å²) < 4.78 is 0. The topological polar surface area (TPSA) is 73.9 Å². The molecule has 6 heteroatoms. The number of hydrogen-bond acceptors (Lipinski definition) is 4. The molecule has 4 rings (SSSR count). The van der Waals surface area contributed by atoms with Crippen LogP contribution in [0.25, 0.3) is 11.4 Å². The number of anilines is 1. The van der Waals surface area contributed by atoms with Crippen molar-refractivity contribution in [2.75, 3.05) is 11.9 Å². The van der Waals surface area contributed by atoms with Gasteiger partial charge in [0.25, 0.3) is 0 Å². The summed E-state index contributed by atoms with van der Waals surface area (Å²) >= 11 is 0. The minimum atomic E-state index is -0.0933. The third kappa shape index (κ3) is 4.28. The lowest BCUT2D eigenvalue weighted by Gasteiger charge is -2.34. The molecule has 1 aliphatic rings. The van der Waals surface area contributed by atoms with Crippen LogP contribution in [-0.4, -0.2) is 38.6 Å². The van der Waals surface area contributed by atoms with Crippen LogP contribution in [0.1, 0.15) is 30.7 Å². The molecule has 28 heavy (non-hydrogen) atoms. The number of aryl methyl sites for hydroxylation is 1. The molecule has 0 radical (unpaired) electrons. The molecular formula is C22H25N5O. The number of nitrogens with zero attached hydrogens (tertiary/aromatic N) is 3. The number of piperidine rings is 1. The zero-order valence-corrected chi connectivity index (χ0v) is 16.1. The lowest BCUT2D eigenvalue weighted by Crippen LogP contribution is -2.46. The van der Waals surface area contributed by atoms with Crippen molar-refractivity contribution in [1.29, 1.82) is 0 Å². The van der Waals surface area contributed by atoms with Crippen LogP contribution in [0.5, 0.6) is 0 Å². The highest BCUT2D eigenvalue weighted by molar-refractivity contribution is 5.95. The van der Waals surface area contributed by atoms with Crippen LogP contribution in [0.4, 0.5) is 5.69 Å². The van der Waals surface area contributed by atoms with Crippen LogP contribution in [0.3, 0.4) is 0 Å². The van der Waals surface area contributed by atoms with Gasteiger partial charge in [0.05, 0.1) is 6.04 Å². The van der Waals surface area contributed by atoms with Crippen molar-refractivity contribution < 1.29 is 4.79 Å². The first-order valence-electron chi connectivity index (χ1n) is 9.77. The molecule has 1 aliphatic heterocycles. The number of hydrogen-bond donors (Lipinski definition) is 2. The van der Waals surface area contributed by atoms with E-state index in [1.807, 2.05) is 49.4 Å². The molecule has 0 spiro atoms. The summed E-state index contributed by atoms with van der Waals surface area (Å²) in [7, 11) is 0. The Morgan fingerprint density at radius 3 is 2.64 bits per heavy atom. The molecule has 0 saturated carbocycles. The van der Waals surface area contributed by atoms with Gasteiger partial charge in [-0.25, -0.2) is 4.98 Å². The minimum absolute atomic E-state index is 0.0668. The lowest BCUT2D eigenvalue weighted by molar-refractivity contribution is -0.122. The van der Waals surface area contributed by atoms with Gasteiger partial charge in [0, 0.05) is 17.8 Å². The molecule has 1 fully saturated rings. The standard InChI is InChI=1S/C22H25N5O/c1-16-23-21(26-25-16)18-10-12-19(13-11-18)24-22(28)20-9-5-6-14-27(20)15-17-7-3-2-4-8-17/h2-4,7-8,10-13,20H,5-6,9,14-15H2,1H3,(H,24,28)(H,23,25,26). The Morgan fingerprint density at radius 2 is 1.93 bits per heavy atom. The number of H-pyrrole nitrogens is 1. The van der Waals surface area contributed by atoms with Crippen LogP contribution in [0, 0.1) is 6.92 Å². The van der Waals surface area contributed by atoms with Crippen molar-refractivity contribution in [3.05, 3.63) is 66.0 Å². The SMILES string of the molecule is Cc1nc(-c2ccc(NC(=O)C3CCCCN3Cc3ccccc3)cc2)n[nH]1. The molecule has 1 aromatic heterocycles. The number of aromatic nitrogens is 3. The van der Waals surface area contributed by atoms with Crippen LogP contribution < -0.4 is 5.32 Å². The zero-order valence-electron chi connectivity index (χ0n) is 16.1. The van der Waals surface area contributed by atoms with Gasteiger partial charge in [0.2, 0.25) is 5.91 Å². The Balaban J connectivity index is 1.42. The fraction of sp³-hybridized carbons (Fsp3) is 0.318. The summed E-state index contributed by atoms with van der Waals surface area (Å²) in [6.45, 7) is 3.63. The van der Waals surface area contributed by atoms with E-state index in [1.54, 1.807) is 0 Å². The normalized spacial score (nSPS) is 17.4. The summed E-state index contributed by atoms with van der Waals surface area (Å²) in [5, 5.41) is 10.1. The second-order valence-corrected chi connectivity index (χ2v) is 7.28. The van der Waals surface area contributed by atoms with E-state index in [0.29, 0.717) is 5.82 Å². The van der Waals surface area contributed by atoms with E-state index < -0.39 is 0 Å². The fourth-order valence-electron chi connectivity index (χ4n) is 3.70. The summed E-state index contributed by atoms with van der Waals surface area (Å²) in [5.41, 5.74) is 2.96. The van der Waals surface area contributed by atoms with Gasteiger partial charge < -0.3 is 5.32 Å². The molecule has 1 unspecified atom stereocenters. The van der Waals surface area contributed by atoms with Crippen molar-refractivity contribution in [2.24, 2.45) is 0 Å². The Hall–Kier alpha value is -2.99. The van der Waals surface area contributed by atoms with Gasteiger partial charge in [-0.15, -0.1) is 0 Å². The Kier molecular flexibility index (Phi) is 5.48. The van der Waals surface area contributed by atoms with E-state index in [1.165, 1.54) is 5.56 Å². The number of aromatic amines is 1. The van der Waals surface area contributed by atoms with E-state index in [0.717, 1.165) is 49.4 Å². The molecule has 0 bridgehead atoms. The molecule has 1 amide bonds. The maximum atomic E-state index is 12.9. The Labute approximate surface area is 165 Å². The summed E-state index contributed by atoms with van der Waals surface area (Å²) in [6, 6.07) is 17.9. The first kappa shape index (κ1) is 18.4. The average Bonchev–Trinajstić information content (AvgIpc) is 3.16. The first-order valence-corrected chi connectivity index (χ1v) is 9.77. The van der Waals surface area contributed by atoms with Gasteiger partial charge >= 0.3 is 0 Å². The monoisotopic (exact) mass is 375 g/mol. The van der Waals surface area contributed by atoms with Gasteiger partial charge in [-0.1, -0.05) is 36.8 Å². The fourth-order valence-corrected chi connectivity index (χ4v) is 3.70. The number of nitrogens with one attached hydrogen (secondary N) is 2. The third-order valence-electron chi connectivity index (χ3n) is 5.15. The predicted octanol–water partition coefficient (Wildman–Crippen LogP) is 3.77. The van der Waals surface area contributed by atoms with Crippen molar-refractivity contribution in [2.45, 2.75) is 38.8 Å². The average molecular weight is 375 g/mol. The van der Waals surface area contributed by atoms with E-state index in [4.69, 9.17) is 0 Å². The Bertz CT molecular complexity index is 920. The van der Waals surface area contributed by atoms with Crippen molar-refractivity contribution in [3.63, 3.8) is 0 Å². The molecule has 2 N–H and O–H groups in total. The predicted molar refractivity (Wildman–Crippen MR) is 110 cm³/mol. The number of likely N-dealkylation sites (tertiary alicyclic amines) is 1. The highest BCUT2D eigenvalue weighted by Gasteiger charge is 2.28. The molecule has 3 aromatic rings. The number of rotatable bonds is 5. The summed E-state index contributed by atoms with van der Waals surface area (Å²) in [4.78, 5) is 19.6. The van der Waals surface area contributed by atoms with Crippen molar-refractivity contribution in [1.82, 2.24) is 20.1 Å². The van der Waals surface area contributed by atoms with E-state index in [2.05, 4.69) is 37.5 Å². The van der Waals surface area contributed by atoms with Gasteiger partial charge in [-0.3, -0.25) is 14.8 Å². The zero-order chi connectivity index (χ0) is 19.3. The molecule has 1 saturated heterocycles. The van der Waals surface area contributed by atoms with Gasteiger partial charge in [0.1, 0.15) is 5.82 Å². The highest BCUT2D eigenvalue weighted by atomic mass is 16.2. The number of benzene rings is 2. The number of amides is 1. The second-order valence-electron chi connectivity index (χ2n) is 7.28. The van der Waals surface area contributed by atoms with Crippen molar-refractivity contribution >= 4 is 11.6 Å². The van der Waals surface area contributed by atoms with Gasteiger partial charge in [-0.2, -0.15) is 5.10 Å². The van der Waals surface area contributed by atoms with Crippen LogP contribution in [0.2, 0.25) is 0 Å². The third-order valence-corrected chi connectivity index (χ3v) is 5.15. The molecule has 1 atom stereocenters. The summed E-state index contributed by atoms with van der Waals surface area (Å²) in [5.74, 6) is 1.51. The van der Waals surface area contributed by atoms with Crippen LogP contribution in [0.15, 0.2) is 54.6 Å². The molecule has 0 aliphatic carbocycles. The largest absolute Gasteiger partial charge is 0.325 e. The molecular weight excluding hydrogens is 350 g/mol.